The third kappa shape index (κ3) is 4.96. The molecule has 154 valence electrons. The molecule has 2 heterocycles. The summed E-state index contributed by atoms with van der Waals surface area (Å²) in [5.74, 6) is 0.655. The number of rotatable bonds is 8. The second kappa shape index (κ2) is 8.26. The molecular weight excluding hydrogens is 392 g/mol. The van der Waals surface area contributed by atoms with Crippen LogP contribution in [-0.4, -0.2) is 52.4 Å². The Morgan fingerprint density at radius 2 is 2.00 bits per heavy atom. The Labute approximate surface area is 174 Å². The minimum atomic E-state index is -0.866. The number of amides is 1. The lowest BCUT2D eigenvalue weighted by Gasteiger charge is -2.27. The lowest BCUT2D eigenvalue weighted by molar-refractivity contribution is -0.107. The minimum Gasteiger partial charge on any atom is -0.390 e. The Balaban J connectivity index is 1.97. The number of aliphatic hydroxyl groups is 1. The molecule has 2 aromatic heterocycles. The first-order valence-electron chi connectivity index (χ1n) is 9.21. The lowest BCUT2D eigenvalue weighted by atomic mass is 10.1. The number of aromatic nitrogens is 3. The number of carbonyl (C=O) groups is 1. The Morgan fingerprint density at radius 3 is 2.66 bits per heavy atom. The summed E-state index contributed by atoms with van der Waals surface area (Å²) in [6.07, 6.45) is 2.88. The smallest absolute Gasteiger partial charge is 0.214 e. The number of carbonyl (C=O) groups excluding carboxylic acids is 1. The van der Waals surface area contributed by atoms with E-state index in [0.29, 0.717) is 29.6 Å². The summed E-state index contributed by atoms with van der Waals surface area (Å²) < 4.78 is 1.65. The first-order chi connectivity index (χ1) is 13.7. The van der Waals surface area contributed by atoms with Crippen LogP contribution in [0.15, 0.2) is 36.5 Å². The van der Waals surface area contributed by atoms with E-state index < -0.39 is 5.60 Å². The topological polar surface area (TPSA) is 86.0 Å². The van der Waals surface area contributed by atoms with Crippen molar-refractivity contribution >= 4 is 46.5 Å². The fourth-order valence-electron chi connectivity index (χ4n) is 2.95. The number of nitrogens with one attached hydrogen (secondary N) is 1. The second-order valence-corrected chi connectivity index (χ2v) is 8.04. The summed E-state index contributed by atoms with van der Waals surface area (Å²) in [5, 5.41) is 18.0. The van der Waals surface area contributed by atoms with Gasteiger partial charge in [0.05, 0.1) is 23.2 Å². The molecular formula is C20H25ClN6O2. The van der Waals surface area contributed by atoms with E-state index in [-0.39, 0.29) is 0 Å². The molecule has 0 radical (unpaired) electrons. The van der Waals surface area contributed by atoms with Gasteiger partial charge in [-0.2, -0.15) is 9.61 Å². The molecule has 0 atom stereocenters. The normalized spacial score (nSPS) is 11.5. The van der Waals surface area contributed by atoms with Gasteiger partial charge < -0.3 is 20.2 Å². The number of nitrogens with zero attached hydrogens (tertiary/aromatic N) is 5. The summed E-state index contributed by atoms with van der Waals surface area (Å²) in [6.45, 7) is 3.84. The van der Waals surface area contributed by atoms with Gasteiger partial charge in [0.2, 0.25) is 6.41 Å². The monoisotopic (exact) mass is 416 g/mol. The van der Waals surface area contributed by atoms with Gasteiger partial charge in [0.15, 0.2) is 5.65 Å². The number of benzene rings is 1. The summed E-state index contributed by atoms with van der Waals surface area (Å²) in [6, 6.07) is 9.19. The average Bonchev–Trinajstić information content (AvgIpc) is 3.10. The largest absolute Gasteiger partial charge is 0.390 e. The van der Waals surface area contributed by atoms with Gasteiger partial charge in [0.25, 0.3) is 0 Å². The van der Waals surface area contributed by atoms with Crippen LogP contribution in [0.5, 0.6) is 0 Å². The molecule has 0 unspecified atom stereocenters. The third-order valence-corrected chi connectivity index (χ3v) is 4.65. The van der Waals surface area contributed by atoms with Crippen LogP contribution in [-0.2, 0) is 4.79 Å². The van der Waals surface area contributed by atoms with Gasteiger partial charge >= 0.3 is 0 Å². The van der Waals surface area contributed by atoms with Gasteiger partial charge in [-0.3, -0.25) is 4.79 Å². The number of hydrogen-bond acceptors (Lipinski definition) is 6. The summed E-state index contributed by atoms with van der Waals surface area (Å²) in [4.78, 5) is 19.6. The molecule has 0 saturated carbocycles. The highest BCUT2D eigenvalue weighted by atomic mass is 35.5. The van der Waals surface area contributed by atoms with Gasteiger partial charge in [0, 0.05) is 38.5 Å². The molecule has 0 aliphatic heterocycles. The van der Waals surface area contributed by atoms with E-state index in [1.807, 2.05) is 37.2 Å². The maximum absolute atomic E-state index is 11.8. The van der Waals surface area contributed by atoms with Crippen molar-refractivity contribution in [3.05, 3.63) is 41.7 Å². The second-order valence-electron chi connectivity index (χ2n) is 7.65. The van der Waals surface area contributed by atoms with Gasteiger partial charge in [-0.25, -0.2) is 4.98 Å². The van der Waals surface area contributed by atoms with Crippen LogP contribution in [0.25, 0.3) is 5.65 Å². The fourth-order valence-corrected chi connectivity index (χ4v) is 3.14. The van der Waals surface area contributed by atoms with Gasteiger partial charge in [0.1, 0.15) is 11.0 Å². The van der Waals surface area contributed by atoms with Crippen LogP contribution in [0.4, 0.5) is 22.9 Å². The number of fused-ring (bicyclic) bond motifs is 1. The highest BCUT2D eigenvalue weighted by molar-refractivity contribution is 6.29. The van der Waals surface area contributed by atoms with Crippen LogP contribution in [0.1, 0.15) is 20.3 Å². The Morgan fingerprint density at radius 1 is 1.24 bits per heavy atom. The summed E-state index contributed by atoms with van der Waals surface area (Å²) in [5.41, 5.74) is 2.14. The van der Waals surface area contributed by atoms with E-state index in [2.05, 4.69) is 15.4 Å². The molecule has 29 heavy (non-hydrogen) atoms. The van der Waals surface area contributed by atoms with Crippen molar-refractivity contribution < 1.29 is 9.90 Å². The first kappa shape index (κ1) is 20.9. The summed E-state index contributed by atoms with van der Waals surface area (Å²) >= 11 is 6.12. The van der Waals surface area contributed by atoms with Crippen LogP contribution >= 0.6 is 11.6 Å². The number of hydrogen-bond donors (Lipinski definition) is 2. The van der Waals surface area contributed by atoms with E-state index in [0.717, 1.165) is 23.5 Å². The zero-order valence-corrected chi connectivity index (χ0v) is 17.7. The highest BCUT2D eigenvalue weighted by Crippen LogP contribution is 2.33. The van der Waals surface area contributed by atoms with Crippen LogP contribution < -0.4 is 15.1 Å². The summed E-state index contributed by atoms with van der Waals surface area (Å²) in [7, 11) is 3.83. The number of halogens is 1. The molecule has 9 heteroatoms. The van der Waals surface area contributed by atoms with E-state index in [1.54, 1.807) is 41.6 Å². The fraction of sp³-hybridized carbons (Fsp3) is 0.350. The van der Waals surface area contributed by atoms with E-state index in [4.69, 9.17) is 11.6 Å². The molecule has 2 N–H and O–H groups in total. The zero-order valence-electron chi connectivity index (χ0n) is 16.9. The molecule has 0 bridgehead atoms. The Hall–Kier alpha value is -2.84. The maximum atomic E-state index is 11.8. The highest BCUT2D eigenvalue weighted by Gasteiger charge is 2.18. The SMILES string of the molecule is CN(C)c1ccc(Nc2cc(Cl)nc3ccnn23)cc1N(C=O)CCC(C)(C)O. The van der Waals surface area contributed by atoms with Crippen molar-refractivity contribution in [3.8, 4) is 0 Å². The van der Waals surface area contributed by atoms with Crippen LogP contribution in [0.2, 0.25) is 5.15 Å². The molecule has 3 aromatic rings. The van der Waals surface area contributed by atoms with Crippen molar-refractivity contribution in [1.82, 2.24) is 14.6 Å². The maximum Gasteiger partial charge on any atom is 0.214 e. The number of anilines is 4. The zero-order chi connectivity index (χ0) is 21.2. The van der Waals surface area contributed by atoms with Crippen molar-refractivity contribution in [2.75, 3.05) is 35.8 Å². The van der Waals surface area contributed by atoms with Gasteiger partial charge in [-0.1, -0.05) is 11.6 Å². The average molecular weight is 417 g/mol. The van der Waals surface area contributed by atoms with Crippen molar-refractivity contribution in [1.29, 1.82) is 0 Å². The molecule has 0 aliphatic carbocycles. The van der Waals surface area contributed by atoms with Gasteiger partial charge in [-0.15, -0.1) is 0 Å². The van der Waals surface area contributed by atoms with Crippen molar-refractivity contribution in [2.24, 2.45) is 0 Å². The van der Waals surface area contributed by atoms with Crippen molar-refractivity contribution in [3.63, 3.8) is 0 Å². The lowest BCUT2D eigenvalue weighted by Crippen LogP contribution is -2.31. The molecule has 0 spiro atoms. The molecule has 0 aliphatic rings. The molecule has 1 amide bonds. The standard InChI is InChI=1S/C20H25ClN6O2/c1-20(2,29)8-10-26(13-28)16-11-14(5-6-15(16)25(3)4)23-19-12-17(21)24-18-7-9-22-27(18)19/h5-7,9,11-13,23,29H,8,10H2,1-4H3. The minimum absolute atomic E-state index is 0.352. The molecule has 8 nitrogen and oxygen atoms in total. The molecule has 0 fully saturated rings. The first-order valence-corrected chi connectivity index (χ1v) is 9.59. The molecule has 1 aromatic carbocycles. The quantitative estimate of drug-likeness (QED) is 0.432. The van der Waals surface area contributed by atoms with Gasteiger partial charge in [-0.05, 0) is 38.5 Å². The van der Waals surface area contributed by atoms with E-state index >= 15 is 0 Å². The molecule has 3 rings (SSSR count). The van der Waals surface area contributed by atoms with E-state index in [9.17, 15) is 9.90 Å². The Bertz CT molecular complexity index is 1010. The third-order valence-electron chi connectivity index (χ3n) is 4.46. The Kier molecular flexibility index (Phi) is 5.95. The molecule has 0 saturated heterocycles. The predicted molar refractivity (Wildman–Crippen MR) is 116 cm³/mol. The van der Waals surface area contributed by atoms with Crippen molar-refractivity contribution in [2.45, 2.75) is 25.9 Å². The van der Waals surface area contributed by atoms with Crippen LogP contribution in [0.3, 0.4) is 0 Å². The predicted octanol–water partition coefficient (Wildman–Crippen LogP) is 3.32. The van der Waals surface area contributed by atoms with Crippen LogP contribution in [0, 0.1) is 0 Å². The van der Waals surface area contributed by atoms with E-state index in [1.165, 1.54) is 0 Å².